The van der Waals surface area contributed by atoms with Gasteiger partial charge < -0.3 is 0 Å². The van der Waals surface area contributed by atoms with Gasteiger partial charge in [0.2, 0.25) is 0 Å². The summed E-state index contributed by atoms with van der Waals surface area (Å²) in [5.74, 6) is 5.22. The molecule has 72 valence electrons. The van der Waals surface area contributed by atoms with E-state index in [0.29, 0.717) is 6.42 Å². The highest BCUT2D eigenvalue weighted by Gasteiger charge is 2.13. The number of sulfone groups is 1. The van der Waals surface area contributed by atoms with Crippen molar-refractivity contribution >= 4 is 9.84 Å². The van der Waals surface area contributed by atoms with Gasteiger partial charge in [0.05, 0.1) is 5.75 Å². The lowest BCUT2D eigenvalue weighted by Gasteiger charge is -2.13. The molecule has 0 aliphatic heterocycles. The summed E-state index contributed by atoms with van der Waals surface area (Å²) in [6.07, 6.45) is 1.78. The Morgan fingerprint density at radius 3 is 2.42 bits per heavy atom. The number of hydrogen-bond acceptors (Lipinski definition) is 4. The van der Waals surface area contributed by atoms with E-state index < -0.39 is 9.84 Å². The maximum Gasteiger partial charge on any atom is 0.149 e. The number of rotatable bonds is 5. The zero-order valence-corrected chi connectivity index (χ0v) is 8.32. The molecule has 0 rings (SSSR count). The lowest BCUT2D eigenvalue weighted by atomic mass is 10.1. The van der Waals surface area contributed by atoms with Crippen LogP contribution in [0.3, 0.4) is 0 Å². The second-order valence-corrected chi connectivity index (χ2v) is 5.30. The van der Waals surface area contributed by atoms with Gasteiger partial charge >= 0.3 is 0 Å². The van der Waals surface area contributed by atoms with Crippen LogP contribution in [-0.4, -0.2) is 26.5 Å². The van der Waals surface area contributed by atoms with Crippen LogP contribution >= 0.6 is 0 Å². The molecule has 0 aliphatic rings. The minimum Gasteiger partial charge on any atom is -0.271 e. The molecule has 1 atom stereocenters. The summed E-state index contributed by atoms with van der Waals surface area (Å²) < 4.78 is 21.7. The Morgan fingerprint density at radius 2 is 2.17 bits per heavy atom. The summed E-state index contributed by atoms with van der Waals surface area (Å²) in [6.45, 7) is 5.52. The first-order valence-electron chi connectivity index (χ1n) is 3.63. The van der Waals surface area contributed by atoms with Gasteiger partial charge in [-0.2, -0.15) is 0 Å². The monoisotopic (exact) mass is 192 g/mol. The van der Waals surface area contributed by atoms with Crippen LogP contribution < -0.4 is 11.3 Å². The highest BCUT2D eigenvalue weighted by atomic mass is 32.2. The Kier molecular flexibility index (Phi) is 4.44. The molecular weight excluding hydrogens is 176 g/mol. The van der Waals surface area contributed by atoms with Crippen LogP contribution in [0.15, 0.2) is 12.2 Å². The van der Waals surface area contributed by atoms with Gasteiger partial charge in [-0.1, -0.05) is 5.57 Å². The molecule has 5 heteroatoms. The fourth-order valence-electron chi connectivity index (χ4n) is 0.952. The van der Waals surface area contributed by atoms with Gasteiger partial charge in [0.1, 0.15) is 9.84 Å². The molecule has 0 amide bonds. The van der Waals surface area contributed by atoms with Crippen molar-refractivity contribution in [2.24, 2.45) is 5.84 Å². The second kappa shape index (κ2) is 4.59. The van der Waals surface area contributed by atoms with Gasteiger partial charge in [0.25, 0.3) is 0 Å². The maximum absolute atomic E-state index is 10.9. The summed E-state index contributed by atoms with van der Waals surface area (Å²) in [4.78, 5) is 0. The van der Waals surface area contributed by atoms with Gasteiger partial charge in [-0.25, -0.2) is 8.42 Å². The van der Waals surface area contributed by atoms with Crippen molar-refractivity contribution in [3.63, 3.8) is 0 Å². The Balaban J connectivity index is 4.10. The predicted molar refractivity (Wildman–Crippen MR) is 50.3 cm³/mol. The summed E-state index contributed by atoms with van der Waals surface area (Å²) in [7, 11) is -2.96. The van der Waals surface area contributed by atoms with E-state index in [-0.39, 0.29) is 11.8 Å². The predicted octanol–water partition coefficient (Wildman–Crippen LogP) is -0.171. The van der Waals surface area contributed by atoms with E-state index in [2.05, 4.69) is 12.0 Å². The molecule has 0 saturated carbocycles. The molecule has 0 fully saturated rings. The zero-order valence-electron chi connectivity index (χ0n) is 7.50. The highest BCUT2D eigenvalue weighted by molar-refractivity contribution is 7.90. The minimum atomic E-state index is -2.96. The first kappa shape index (κ1) is 11.6. The summed E-state index contributed by atoms with van der Waals surface area (Å²) in [5, 5.41) is 0. The van der Waals surface area contributed by atoms with E-state index in [1.165, 1.54) is 6.26 Å². The SMILES string of the molecule is C=C(C)CC(CS(C)(=O)=O)NN. The van der Waals surface area contributed by atoms with Crippen LogP contribution in [0.5, 0.6) is 0 Å². The van der Waals surface area contributed by atoms with Gasteiger partial charge in [-0.3, -0.25) is 11.3 Å². The van der Waals surface area contributed by atoms with Crippen LogP contribution in [0.25, 0.3) is 0 Å². The molecule has 0 spiro atoms. The maximum atomic E-state index is 10.9. The molecule has 0 aromatic carbocycles. The average molecular weight is 192 g/mol. The first-order valence-corrected chi connectivity index (χ1v) is 5.69. The normalized spacial score (nSPS) is 14.2. The molecule has 0 aliphatic carbocycles. The quantitative estimate of drug-likeness (QED) is 0.360. The molecule has 0 aromatic heterocycles. The van der Waals surface area contributed by atoms with Crippen molar-refractivity contribution in [3.8, 4) is 0 Å². The van der Waals surface area contributed by atoms with Gasteiger partial charge in [0, 0.05) is 12.3 Å². The van der Waals surface area contributed by atoms with Crippen molar-refractivity contribution in [1.29, 1.82) is 0 Å². The lowest BCUT2D eigenvalue weighted by molar-refractivity contribution is 0.545. The van der Waals surface area contributed by atoms with Crippen molar-refractivity contribution < 1.29 is 8.42 Å². The molecule has 4 nitrogen and oxygen atoms in total. The Morgan fingerprint density at radius 1 is 1.67 bits per heavy atom. The third-order valence-corrected chi connectivity index (χ3v) is 2.34. The van der Waals surface area contributed by atoms with E-state index in [1.807, 2.05) is 6.92 Å². The minimum absolute atomic E-state index is 0.0519. The van der Waals surface area contributed by atoms with Crippen molar-refractivity contribution in [2.45, 2.75) is 19.4 Å². The van der Waals surface area contributed by atoms with Crippen LogP contribution in [0.4, 0.5) is 0 Å². The number of nitrogens with two attached hydrogens (primary N) is 1. The van der Waals surface area contributed by atoms with E-state index >= 15 is 0 Å². The summed E-state index contributed by atoms with van der Waals surface area (Å²) in [6, 6.07) is -0.225. The Labute approximate surface area is 73.7 Å². The van der Waals surface area contributed by atoms with E-state index in [1.54, 1.807) is 0 Å². The molecule has 0 aromatic rings. The molecule has 0 saturated heterocycles. The number of nitrogens with one attached hydrogen (secondary N) is 1. The molecular formula is C7H16N2O2S. The average Bonchev–Trinajstić information content (AvgIpc) is 1.82. The molecule has 0 heterocycles. The van der Waals surface area contributed by atoms with Crippen LogP contribution in [0, 0.1) is 0 Å². The fraction of sp³-hybridized carbons (Fsp3) is 0.714. The third kappa shape index (κ3) is 6.33. The van der Waals surface area contributed by atoms with Gasteiger partial charge in [-0.05, 0) is 13.3 Å². The fourth-order valence-corrected chi connectivity index (χ4v) is 1.90. The molecule has 0 radical (unpaired) electrons. The van der Waals surface area contributed by atoms with Gasteiger partial charge in [-0.15, -0.1) is 6.58 Å². The molecule has 0 bridgehead atoms. The van der Waals surface area contributed by atoms with Crippen LogP contribution in [-0.2, 0) is 9.84 Å². The largest absolute Gasteiger partial charge is 0.271 e. The van der Waals surface area contributed by atoms with Crippen molar-refractivity contribution in [3.05, 3.63) is 12.2 Å². The molecule has 3 N–H and O–H groups in total. The lowest BCUT2D eigenvalue weighted by Crippen LogP contribution is -2.40. The van der Waals surface area contributed by atoms with Gasteiger partial charge in [0.15, 0.2) is 0 Å². The summed E-state index contributed by atoms with van der Waals surface area (Å²) in [5.41, 5.74) is 3.37. The van der Waals surface area contributed by atoms with Crippen LogP contribution in [0.1, 0.15) is 13.3 Å². The Hall–Kier alpha value is -0.390. The third-order valence-electron chi connectivity index (χ3n) is 1.33. The van der Waals surface area contributed by atoms with Crippen LogP contribution in [0.2, 0.25) is 0 Å². The van der Waals surface area contributed by atoms with Crippen molar-refractivity contribution in [1.82, 2.24) is 5.43 Å². The topological polar surface area (TPSA) is 72.2 Å². The van der Waals surface area contributed by atoms with Crippen molar-refractivity contribution in [2.75, 3.05) is 12.0 Å². The number of hydrogen-bond donors (Lipinski definition) is 2. The molecule has 1 unspecified atom stereocenters. The highest BCUT2D eigenvalue weighted by Crippen LogP contribution is 2.03. The van der Waals surface area contributed by atoms with E-state index in [9.17, 15) is 8.42 Å². The molecule has 12 heavy (non-hydrogen) atoms. The zero-order chi connectivity index (χ0) is 9.78. The first-order chi connectivity index (χ1) is 5.35. The number of hydrazine groups is 1. The summed E-state index contributed by atoms with van der Waals surface area (Å²) >= 11 is 0. The van der Waals surface area contributed by atoms with E-state index in [4.69, 9.17) is 5.84 Å². The standard InChI is InChI=1S/C7H16N2O2S/c1-6(2)4-7(9-8)5-12(3,10)11/h7,9H,1,4-5,8H2,2-3H3. The smallest absolute Gasteiger partial charge is 0.149 e. The second-order valence-electron chi connectivity index (χ2n) is 3.12. The Bertz CT molecular complexity index is 246. The van der Waals surface area contributed by atoms with E-state index in [0.717, 1.165) is 5.57 Å².